The number of nitrogens with zero attached hydrogens (tertiary/aromatic N) is 4. The summed E-state index contributed by atoms with van der Waals surface area (Å²) in [5.41, 5.74) is 9.25. The second kappa shape index (κ2) is 8.55. The van der Waals surface area contributed by atoms with Crippen LogP contribution in [-0.2, 0) is 12.7 Å². The molecule has 0 atom stereocenters. The fourth-order valence-corrected chi connectivity index (χ4v) is 3.35. The molecule has 0 unspecified atom stereocenters. The van der Waals surface area contributed by atoms with Gasteiger partial charge in [-0.25, -0.2) is 0 Å². The first-order valence-corrected chi connectivity index (χ1v) is 9.17. The van der Waals surface area contributed by atoms with E-state index in [0.29, 0.717) is 5.56 Å². The van der Waals surface area contributed by atoms with Gasteiger partial charge >= 0.3 is 6.18 Å². The number of carbonyl (C=O) groups is 1. The predicted molar refractivity (Wildman–Crippen MR) is 104 cm³/mol. The van der Waals surface area contributed by atoms with Crippen molar-refractivity contribution in [3.05, 3.63) is 69.1 Å². The minimum Gasteiger partial charge on any atom is -0.322 e. The number of anilines is 1. The van der Waals surface area contributed by atoms with Crippen LogP contribution in [0.5, 0.6) is 0 Å². The number of likely N-dealkylation sites (tertiary alicyclic amines) is 1. The molecule has 0 radical (unpaired) electrons. The first-order chi connectivity index (χ1) is 13.8. The van der Waals surface area contributed by atoms with E-state index in [9.17, 15) is 18.0 Å². The van der Waals surface area contributed by atoms with E-state index in [4.69, 9.17) is 5.53 Å². The van der Waals surface area contributed by atoms with Crippen molar-refractivity contribution in [2.45, 2.75) is 32.5 Å². The van der Waals surface area contributed by atoms with Crippen LogP contribution in [0.15, 0.2) is 41.5 Å². The zero-order valence-corrected chi connectivity index (χ0v) is 15.8. The van der Waals surface area contributed by atoms with Crippen molar-refractivity contribution >= 4 is 17.3 Å². The average molecular weight is 403 g/mol. The Hall–Kier alpha value is -3.03. The second-order valence-electron chi connectivity index (χ2n) is 7.00. The quantitative estimate of drug-likeness (QED) is 0.389. The van der Waals surface area contributed by atoms with Crippen LogP contribution in [0.25, 0.3) is 10.4 Å². The molecule has 2 aromatic carbocycles. The Morgan fingerprint density at radius 1 is 1.21 bits per heavy atom. The average Bonchev–Trinajstić information content (AvgIpc) is 3.17. The number of nitrogens with one attached hydrogen (secondary N) is 1. The molecule has 0 bridgehead atoms. The van der Waals surface area contributed by atoms with Gasteiger partial charge in [0, 0.05) is 28.4 Å². The first kappa shape index (κ1) is 20.7. The fourth-order valence-electron chi connectivity index (χ4n) is 3.35. The molecule has 1 saturated heterocycles. The van der Waals surface area contributed by atoms with Crippen molar-refractivity contribution < 1.29 is 18.0 Å². The van der Waals surface area contributed by atoms with Gasteiger partial charge in [0.15, 0.2) is 0 Å². The zero-order valence-electron chi connectivity index (χ0n) is 15.8. The number of azide groups is 1. The minimum atomic E-state index is -4.52. The molecule has 0 saturated carbocycles. The van der Waals surface area contributed by atoms with Crippen LogP contribution >= 0.6 is 0 Å². The molecule has 2 aromatic rings. The number of hydrogen-bond acceptors (Lipinski definition) is 3. The molecule has 1 fully saturated rings. The van der Waals surface area contributed by atoms with Gasteiger partial charge in [0.05, 0.1) is 5.56 Å². The monoisotopic (exact) mass is 403 g/mol. The van der Waals surface area contributed by atoms with Gasteiger partial charge in [-0.1, -0.05) is 17.2 Å². The summed E-state index contributed by atoms with van der Waals surface area (Å²) < 4.78 is 40.7. The van der Waals surface area contributed by atoms with Crippen molar-refractivity contribution in [1.82, 2.24) is 4.90 Å². The maximum absolute atomic E-state index is 13.6. The summed E-state index contributed by atoms with van der Waals surface area (Å²) in [5.74, 6) is -0.584. The van der Waals surface area contributed by atoms with Crippen LogP contribution in [0, 0.1) is 6.92 Å². The summed E-state index contributed by atoms with van der Waals surface area (Å²) in [6, 6.07) is 8.38. The Labute approximate surface area is 166 Å². The number of rotatable bonds is 5. The molecule has 3 rings (SSSR count). The van der Waals surface area contributed by atoms with Crippen LogP contribution in [-0.4, -0.2) is 23.9 Å². The third kappa shape index (κ3) is 5.07. The predicted octanol–water partition coefficient (Wildman–Crippen LogP) is 5.80. The number of aryl methyl sites for hydroxylation is 1. The van der Waals surface area contributed by atoms with Crippen molar-refractivity contribution in [2.24, 2.45) is 5.11 Å². The molecule has 6 nitrogen and oxygen atoms in total. The van der Waals surface area contributed by atoms with E-state index in [1.807, 2.05) is 4.90 Å². The molecule has 0 spiro atoms. The molecule has 152 valence electrons. The van der Waals surface area contributed by atoms with E-state index in [1.54, 1.807) is 13.0 Å². The maximum atomic E-state index is 13.6. The van der Waals surface area contributed by atoms with E-state index in [0.717, 1.165) is 32.0 Å². The largest absolute Gasteiger partial charge is 0.416 e. The second-order valence-corrected chi connectivity index (χ2v) is 7.00. The summed E-state index contributed by atoms with van der Waals surface area (Å²) in [5, 5.41) is 6.00. The van der Waals surface area contributed by atoms with E-state index in [1.165, 1.54) is 24.3 Å². The fraction of sp³-hybridized carbons (Fsp3) is 0.350. The Morgan fingerprint density at radius 3 is 2.59 bits per heavy atom. The van der Waals surface area contributed by atoms with Gasteiger partial charge < -0.3 is 5.32 Å². The van der Waals surface area contributed by atoms with Gasteiger partial charge in [0.25, 0.3) is 5.91 Å². The number of halogens is 3. The third-order valence-corrected chi connectivity index (χ3v) is 4.89. The SMILES string of the molecule is Cc1ccc(C(=O)Nc2ccc(CN3CCCC3)c(C(F)(F)F)c2)cc1N=[N+]=[N-]. The smallest absolute Gasteiger partial charge is 0.322 e. The summed E-state index contributed by atoms with van der Waals surface area (Å²) in [6.45, 7) is 3.53. The maximum Gasteiger partial charge on any atom is 0.416 e. The molecule has 9 heteroatoms. The highest BCUT2D eigenvalue weighted by Gasteiger charge is 2.34. The van der Waals surface area contributed by atoms with Crippen molar-refractivity contribution in [1.29, 1.82) is 0 Å². The lowest BCUT2D eigenvalue weighted by Gasteiger charge is -2.20. The van der Waals surface area contributed by atoms with Crippen molar-refractivity contribution in [3.63, 3.8) is 0 Å². The number of alkyl halides is 3. The van der Waals surface area contributed by atoms with Crippen LogP contribution < -0.4 is 5.32 Å². The molecule has 1 aliphatic heterocycles. The van der Waals surface area contributed by atoms with Crippen LogP contribution in [0.3, 0.4) is 0 Å². The van der Waals surface area contributed by atoms with Gasteiger partial charge in [-0.3, -0.25) is 9.69 Å². The van der Waals surface area contributed by atoms with Crippen molar-refractivity contribution in [2.75, 3.05) is 18.4 Å². The zero-order chi connectivity index (χ0) is 21.0. The van der Waals surface area contributed by atoms with E-state index in [2.05, 4.69) is 15.3 Å². The third-order valence-electron chi connectivity index (χ3n) is 4.89. The summed E-state index contributed by atoms with van der Waals surface area (Å²) >= 11 is 0. The van der Waals surface area contributed by atoms with Crippen LogP contribution in [0.2, 0.25) is 0 Å². The summed E-state index contributed by atoms with van der Waals surface area (Å²) in [6.07, 6.45) is -2.54. The summed E-state index contributed by atoms with van der Waals surface area (Å²) in [4.78, 5) is 17.2. The lowest BCUT2D eigenvalue weighted by atomic mass is 10.0. The molecule has 29 heavy (non-hydrogen) atoms. The first-order valence-electron chi connectivity index (χ1n) is 9.17. The molecule has 0 aliphatic carbocycles. The highest BCUT2D eigenvalue weighted by Crippen LogP contribution is 2.35. The van der Waals surface area contributed by atoms with E-state index in [-0.39, 0.29) is 29.0 Å². The van der Waals surface area contributed by atoms with E-state index >= 15 is 0 Å². The highest BCUT2D eigenvalue weighted by atomic mass is 19.4. The lowest BCUT2D eigenvalue weighted by Crippen LogP contribution is -2.21. The minimum absolute atomic E-state index is 0.0541. The lowest BCUT2D eigenvalue weighted by molar-refractivity contribution is -0.138. The van der Waals surface area contributed by atoms with Gasteiger partial charge in [-0.05, 0) is 73.8 Å². The number of hydrogen-bond donors (Lipinski definition) is 1. The van der Waals surface area contributed by atoms with Crippen molar-refractivity contribution in [3.8, 4) is 0 Å². The van der Waals surface area contributed by atoms with Crippen LogP contribution in [0.1, 0.15) is 39.9 Å². The van der Waals surface area contributed by atoms with Crippen LogP contribution in [0.4, 0.5) is 24.5 Å². The Morgan fingerprint density at radius 2 is 1.93 bits per heavy atom. The topological polar surface area (TPSA) is 81.1 Å². The number of amides is 1. The molecule has 0 aromatic heterocycles. The molecular weight excluding hydrogens is 383 g/mol. The van der Waals surface area contributed by atoms with Gasteiger partial charge in [0.2, 0.25) is 0 Å². The normalized spacial score (nSPS) is 14.5. The Bertz CT molecular complexity index is 961. The number of carbonyl (C=O) groups excluding carboxylic acids is 1. The Balaban J connectivity index is 1.84. The Kier molecular flexibility index (Phi) is 6.10. The van der Waals surface area contributed by atoms with Gasteiger partial charge in [-0.2, -0.15) is 13.2 Å². The highest BCUT2D eigenvalue weighted by molar-refractivity contribution is 6.04. The standard InChI is InChI=1S/C20H20F3N5O/c1-13-4-5-14(10-18(13)26-27-24)19(29)25-16-7-6-15(12-28-8-2-3-9-28)17(11-16)20(21,22)23/h4-7,10-11H,2-3,8-9,12H2,1H3,(H,25,29). The number of benzene rings is 2. The molecular formula is C20H20F3N5O. The molecule has 1 N–H and O–H groups in total. The van der Waals surface area contributed by atoms with Gasteiger partial charge in [0.1, 0.15) is 0 Å². The van der Waals surface area contributed by atoms with Gasteiger partial charge in [-0.15, -0.1) is 0 Å². The molecule has 1 amide bonds. The molecule has 1 aliphatic rings. The molecule has 1 heterocycles. The van der Waals surface area contributed by atoms with E-state index < -0.39 is 17.6 Å². The summed E-state index contributed by atoms with van der Waals surface area (Å²) in [7, 11) is 0.